The SMILES string of the molecule is CC[C@@H](C)NC(=O)CN1CCN(CC(=O)N2CC[C@@H](C)Sc3ccccc32)CC1. The molecule has 2 amide bonds. The number of piperazine rings is 1. The second-order valence-corrected chi connectivity index (χ2v) is 9.64. The van der Waals surface area contributed by atoms with Gasteiger partial charge in [0.05, 0.1) is 18.8 Å². The molecule has 0 unspecified atom stereocenters. The first-order valence-electron chi connectivity index (χ1n) is 10.8. The van der Waals surface area contributed by atoms with Gasteiger partial charge in [-0.05, 0) is 31.9 Å². The van der Waals surface area contributed by atoms with E-state index in [1.807, 2.05) is 35.7 Å². The molecule has 2 atom stereocenters. The van der Waals surface area contributed by atoms with Gasteiger partial charge in [-0.25, -0.2) is 0 Å². The predicted molar refractivity (Wildman–Crippen MR) is 120 cm³/mol. The molecule has 160 valence electrons. The van der Waals surface area contributed by atoms with Gasteiger partial charge in [-0.3, -0.25) is 19.4 Å². The average Bonchev–Trinajstić information content (AvgIpc) is 2.87. The first kappa shape index (κ1) is 22.1. The molecule has 1 saturated heterocycles. The van der Waals surface area contributed by atoms with Crippen LogP contribution in [0, 0.1) is 0 Å². The van der Waals surface area contributed by atoms with E-state index in [9.17, 15) is 9.59 Å². The molecule has 0 spiro atoms. The predicted octanol–water partition coefficient (Wildman–Crippen LogP) is 2.44. The minimum absolute atomic E-state index is 0.0941. The molecule has 2 aliphatic rings. The third-order valence-corrected chi connectivity index (χ3v) is 6.99. The summed E-state index contributed by atoms with van der Waals surface area (Å²) < 4.78 is 0. The molecule has 0 saturated carbocycles. The van der Waals surface area contributed by atoms with Crippen molar-refractivity contribution in [3.05, 3.63) is 24.3 Å². The second-order valence-electron chi connectivity index (χ2n) is 8.16. The molecule has 29 heavy (non-hydrogen) atoms. The molecule has 1 fully saturated rings. The highest BCUT2D eigenvalue weighted by Gasteiger charge is 2.27. The van der Waals surface area contributed by atoms with E-state index in [1.54, 1.807) is 0 Å². The Balaban J connectivity index is 1.50. The maximum atomic E-state index is 13.1. The number of benzene rings is 1. The monoisotopic (exact) mass is 418 g/mol. The molecule has 0 bridgehead atoms. The molecule has 2 aliphatic heterocycles. The number of carbonyl (C=O) groups is 2. The van der Waals surface area contributed by atoms with E-state index in [0.29, 0.717) is 18.3 Å². The number of anilines is 1. The van der Waals surface area contributed by atoms with Gasteiger partial charge in [-0.2, -0.15) is 0 Å². The number of nitrogens with one attached hydrogen (secondary N) is 1. The van der Waals surface area contributed by atoms with Crippen molar-refractivity contribution in [2.24, 2.45) is 0 Å². The summed E-state index contributed by atoms with van der Waals surface area (Å²) in [6.07, 6.45) is 1.95. The lowest BCUT2D eigenvalue weighted by Gasteiger charge is -2.35. The topological polar surface area (TPSA) is 55.9 Å². The van der Waals surface area contributed by atoms with Crippen LogP contribution in [0.5, 0.6) is 0 Å². The van der Waals surface area contributed by atoms with Gasteiger partial charge in [0.2, 0.25) is 11.8 Å². The molecule has 1 aromatic carbocycles. The summed E-state index contributed by atoms with van der Waals surface area (Å²) in [6.45, 7) is 11.3. The Kier molecular flexibility index (Phi) is 7.98. The molecule has 0 aliphatic carbocycles. The Hall–Kier alpha value is -1.57. The van der Waals surface area contributed by atoms with Crippen LogP contribution in [0.4, 0.5) is 5.69 Å². The summed E-state index contributed by atoms with van der Waals surface area (Å²) in [5, 5.41) is 3.54. The molecular weight excluding hydrogens is 384 g/mol. The summed E-state index contributed by atoms with van der Waals surface area (Å²) in [4.78, 5) is 32.8. The van der Waals surface area contributed by atoms with Crippen molar-refractivity contribution < 1.29 is 9.59 Å². The third kappa shape index (κ3) is 6.20. The van der Waals surface area contributed by atoms with Crippen LogP contribution in [0.15, 0.2) is 29.2 Å². The van der Waals surface area contributed by atoms with Crippen molar-refractivity contribution in [3.8, 4) is 0 Å². The molecule has 1 N–H and O–H groups in total. The number of fused-ring (bicyclic) bond motifs is 1. The van der Waals surface area contributed by atoms with Crippen molar-refractivity contribution in [1.82, 2.24) is 15.1 Å². The zero-order valence-corrected chi connectivity index (χ0v) is 18.7. The lowest BCUT2D eigenvalue weighted by molar-refractivity contribution is -0.124. The number of para-hydroxylation sites is 1. The maximum Gasteiger partial charge on any atom is 0.241 e. The first-order valence-corrected chi connectivity index (χ1v) is 11.6. The summed E-state index contributed by atoms with van der Waals surface area (Å²) in [5.41, 5.74) is 1.05. The molecular formula is C22H34N4O2S. The van der Waals surface area contributed by atoms with Crippen LogP contribution in [-0.2, 0) is 9.59 Å². The van der Waals surface area contributed by atoms with Gasteiger partial charge >= 0.3 is 0 Å². The van der Waals surface area contributed by atoms with Crippen LogP contribution in [-0.4, -0.2) is 78.7 Å². The molecule has 1 aromatic rings. The lowest BCUT2D eigenvalue weighted by atomic mass is 10.2. The van der Waals surface area contributed by atoms with Crippen LogP contribution < -0.4 is 10.2 Å². The normalized spacial score (nSPS) is 21.9. The molecule has 0 aromatic heterocycles. The second kappa shape index (κ2) is 10.5. The highest BCUT2D eigenvalue weighted by atomic mass is 32.2. The Bertz CT molecular complexity index is 706. The summed E-state index contributed by atoms with van der Waals surface area (Å²) in [5.74, 6) is 0.270. The number of hydrogen-bond acceptors (Lipinski definition) is 5. The molecule has 2 heterocycles. The fourth-order valence-corrected chi connectivity index (χ4v) is 4.87. The van der Waals surface area contributed by atoms with Crippen LogP contribution in [0.25, 0.3) is 0 Å². The zero-order chi connectivity index (χ0) is 20.8. The largest absolute Gasteiger partial charge is 0.353 e. The van der Waals surface area contributed by atoms with Crippen molar-refractivity contribution in [2.45, 2.75) is 49.8 Å². The number of thioether (sulfide) groups is 1. The van der Waals surface area contributed by atoms with Crippen LogP contribution in [0.1, 0.15) is 33.6 Å². The molecule has 3 rings (SSSR count). The molecule has 0 radical (unpaired) electrons. The van der Waals surface area contributed by atoms with Gasteiger partial charge in [0, 0.05) is 48.9 Å². The van der Waals surface area contributed by atoms with E-state index < -0.39 is 0 Å². The number of amides is 2. The highest BCUT2D eigenvalue weighted by Crippen LogP contribution is 2.37. The number of nitrogens with zero attached hydrogens (tertiary/aromatic N) is 3. The number of rotatable bonds is 6. The zero-order valence-electron chi connectivity index (χ0n) is 17.9. The van der Waals surface area contributed by atoms with E-state index >= 15 is 0 Å². The fraction of sp³-hybridized carbons (Fsp3) is 0.636. The number of carbonyl (C=O) groups excluding carboxylic acids is 2. The molecule has 7 heteroatoms. The Morgan fingerprint density at radius 3 is 2.45 bits per heavy atom. The summed E-state index contributed by atoms with van der Waals surface area (Å²) in [6, 6.07) is 8.46. The van der Waals surface area contributed by atoms with Gasteiger partial charge in [0.25, 0.3) is 0 Å². The van der Waals surface area contributed by atoms with Crippen molar-refractivity contribution in [1.29, 1.82) is 0 Å². The van der Waals surface area contributed by atoms with Crippen LogP contribution in [0.2, 0.25) is 0 Å². The van der Waals surface area contributed by atoms with E-state index in [4.69, 9.17) is 0 Å². The van der Waals surface area contributed by atoms with Gasteiger partial charge in [-0.15, -0.1) is 11.8 Å². The Morgan fingerprint density at radius 1 is 1.10 bits per heavy atom. The summed E-state index contributed by atoms with van der Waals surface area (Å²) >= 11 is 1.86. The van der Waals surface area contributed by atoms with E-state index in [0.717, 1.165) is 51.3 Å². The minimum atomic E-state index is 0.0941. The third-order valence-electron chi connectivity index (χ3n) is 5.76. The lowest BCUT2D eigenvalue weighted by Crippen LogP contribution is -2.52. The van der Waals surface area contributed by atoms with Gasteiger partial charge < -0.3 is 10.2 Å². The first-order chi connectivity index (χ1) is 14.0. The Labute approximate surface area is 179 Å². The summed E-state index contributed by atoms with van der Waals surface area (Å²) in [7, 11) is 0. The van der Waals surface area contributed by atoms with Gasteiger partial charge in [-0.1, -0.05) is 26.0 Å². The minimum Gasteiger partial charge on any atom is -0.353 e. The fourth-order valence-electron chi connectivity index (χ4n) is 3.75. The maximum absolute atomic E-state index is 13.1. The average molecular weight is 419 g/mol. The quantitative estimate of drug-likeness (QED) is 0.769. The van der Waals surface area contributed by atoms with E-state index in [1.165, 1.54) is 4.90 Å². The van der Waals surface area contributed by atoms with Crippen LogP contribution in [0.3, 0.4) is 0 Å². The standard InChI is InChI=1S/C22H34N4O2S/c1-4-17(2)23-21(27)15-24-11-13-25(14-12-24)16-22(28)26-10-9-18(3)29-20-8-6-5-7-19(20)26/h5-8,17-18H,4,9-16H2,1-3H3,(H,23,27)/t17-,18-/m1/s1. The highest BCUT2D eigenvalue weighted by molar-refractivity contribution is 8.00. The van der Waals surface area contributed by atoms with Crippen LogP contribution >= 0.6 is 11.8 Å². The molecule has 6 nitrogen and oxygen atoms in total. The van der Waals surface area contributed by atoms with Crippen molar-refractivity contribution >= 4 is 29.3 Å². The Morgan fingerprint density at radius 2 is 1.76 bits per heavy atom. The number of hydrogen-bond donors (Lipinski definition) is 1. The van der Waals surface area contributed by atoms with Gasteiger partial charge in [0.15, 0.2) is 0 Å². The van der Waals surface area contributed by atoms with Crippen molar-refractivity contribution in [2.75, 3.05) is 50.7 Å². The van der Waals surface area contributed by atoms with Gasteiger partial charge in [0.1, 0.15) is 0 Å². The van der Waals surface area contributed by atoms with E-state index in [-0.39, 0.29) is 17.9 Å². The van der Waals surface area contributed by atoms with E-state index in [2.05, 4.69) is 41.1 Å². The smallest absolute Gasteiger partial charge is 0.241 e. The van der Waals surface area contributed by atoms with Crippen molar-refractivity contribution in [3.63, 3.8) is 0 Å².